The van der Waals surface area contributed by atoms with Gasteiger partial charge in [-0.1, -0.05) is 22.0 Å². The highest BCUT2D eigenvalue weighted by molar-refractivity contribution is 9.10. The van der Waals surface area contributed by atoms with Crippen molar-refractivity contribution in [1.82, 2.24) is 9.88 Å². The van der Waals surface area contributed by atoms with Gasteiger partial charge in [0.05, 0.1) is 16.8 Å². The molecule has 3 aromatic rings. The number of fused-ring (bicyclic) bond motifs is 1. The molecule has 0 aliphatic rings. The predicted molar refractivity (Wildman–Crippen MR) is 111 cm³/mol. The zero-order valence-corrected chi connectivity index (χ0v) is 16.3. The summed E-state index contributed by atoms with van der Waals surface area (Å²) in [6.07, 6.45) is 2.46. The molecule has 1 aromatic heterocycles. The molecule has 3 rings (SSSR count). The molecule has 0 unspecified atom stereocenters. The highest BCUT2D eigenvalue weighted by Gasteiger charge is 2.13. The van der Waals surface area contributed by atoms with E-state index in [4.69, 9.17) is 5.73 Å². The van der Waals surface area contributed by atoms with E-state index in [0.717, 1.165) is 45.3 Å². The van der Waals surface area contributed by atoms with Crippen molar-refractivity contribution in [3.8, 4) is 6.07 Å². The molecule has 6 heteroatoms. The van der Waals surface area contributed by atoms with Crippen LogP contribution in [0.15, 0.2) is 47.1 Å². The predicted octanol–water partition coefficient (Wildman–Crippen LogP) is 4.30. The van der Waals surface area contributed by atoms with Gasteiger partial charge in [0.2, 0.25) is 0 Å². The van der Waals surface area contributed by atoms with Crippen LogP contribution in [-0.2, 0) is 6.42 Å². The van der Waals surface area contributed by atoms with E-state index in [2.05, 4.69) is 37.2 Å². The van der Waals surface area contributed by atoms with E-state index in [0.29, 0.717) is 11.3 Å². The Kier molecular flexibility index (Phi) is 5.40. The number of nitriles is 1. The SMILES string of the molecule is CN(C)CCc1cc(N)cc2c(Nc3cccc(Br)c3)c(C#N)cnc12. The number of pyridine rings is 1. The van der Waals surface area contributed by atoms with Crippen molar-refractivity contribution in [1.29, 1.82) is 5.26 Å². The number of benzene rings is 2. The molecule has 0 radical (unpaired) electrons. The Hall–Kier alpha value is -2.62. The maximum atomic E-state index is 9.55. The van der Waals surface area contributed by atoms with Crippen molar-refractivity contribution in [2.75, 3.05) is 31.7 Å². The van der Waals surface area contributed by atoms with E-state index < -0.39 is 0 Å². The van der Waals surface area contributed by atoms with Gasteiger partial charge in [-0.3, -0.25) is 4.98 Å². The fourth-order valence-electron chi connectivity index (χ4n) is 2.87. The molecule has 0 amide bonds. The number of hydrogen-bond donors (Lipinski definition) is 2. The first-order valence-electron chi connectivity index (χ1n) is 8.26. The summed E-state index contributed by atoms with van der Waals surface area (Å²) < 4.78 is 0.963. The van der Waals surface area contributed by atoms with Crippen molar-refractivity contribution in [2.24, 2.45) is 0 Å². The number of rotatable bonds is 5. The molecule has 26 heavy (non-hydrogen) atoms. The molecule has 0 saturated heterocycles. The van der Waals surface area contributed by atoms with E-state index in [1.165, 1.54) is 0 Å². The Bertz CT molecular complexity index is 991. The first-order valence-corrected chi connectivity index (χ1v) is 9.06. The Labute approximate surface area is 161 Å². The van der Waals surface area contributed by atoms with Crippen LogP contribution in [0.2, 0.25) is 0 Å². The van der Waals surface area contributed by atoms with Gasteiger partial charge in [0.15, 0.2) is 0 Å². The molecule has 2 aromatic carbocycles. The van der Waals surface area contributed by atoms with Gasteiger partial charge in [-0.2, -0.15) is 5.26 Å². The number of likely N-dealkylation sites (N-methyl/N-ethyl adjacent to an activating group) is 1. The van der Waals surface area contributed by atoms with Crippen LogP contribution in [0.4, 0.5) is 17.1 Å². The van der Waals surface area contributed by atoms with Gasteiger partial charge in [-0.25, -0.2) is 0 Å². The fourth-order valence-corrected chi connectivity index (χ4v) is 3.26. The molecule has 0 aliphatic carbocycles. The van der Waals surface area contributed by atoms with E-state index in [1.807, 2.05) is 50.5 Å². The van der Waals surface area contributed by atoms with Crippen LogP contribution in [0, 0.1) is 11.3 Å². The number of nitrogen functional groups attached to an aromatic ring is 1. The van der Waals surface area contributed by atoms with Crippen LogP contribution in [-0.4, -0.2) is 30.5 Å². The molecule has 132 valence electrons. The summed E-state index contributed by atoms with van der Waals surface area (Å²) in [7, 11) is 4.08. The van der Waals surface area contributed by atoms with Crippen molar-refractivity contribution in [3.05, 3.63) is 58.2 Å². The molecule has 0 saturated carbocycles. The third-order valence-corrected chi connectivity index (χ3v) is 4.61. The maximum Gasteiger partial charge on any atom is 0.103 e. The smallest absolute Gasteiger partial charge is 0.103 e. The Morgan fingerprint density at radius 2 is 2.08 bits per heavy atom. The summed E-state index contributed by atoms with van der Waals surface area (Å²) in [5.74, 6) is 0. The quantitative estimate of drug-likeness (QED) is 0.614. The normalized spacial score (nSPS) is 10.9. The molecule has 3 N–H and O–H groups in total. The van der Waals surface area contributed by atoms with Gasteiger partial charge in [0.1, 0.15) is 6.07 Å². The third kappa shape index (κ3) is 3.96. The first kappa shape index (κ1) is 18.2. The Morgan fingerprint density at radius 3 is 2.77 bits per heavy atom. The van der Waals surface area contributed by atoms with E-state index in [9.17, 15) is 5.26 Å². The molecule has 5 nitrogen and oxygen atoms in total. The minimum Gasteiger partial charge on any atom is -0.399 e. The lowest BCUT2D eigenvalue weighted by Crippen LogP contribution is -2.15. The van der Waals surface area contributed by atoms with Gasteiger partial charge in [-0.05, 0) is 56.4 Å². The zero-order chi connectivity index (χ0) is 18.7. The van der Waals surface area contributed by atoms with Gasteiger partial charge in [-0.15, -0.1) is 0 Å². The lowest BCUT2D eigenvalue weighted by molar-refractivity contribution is 0.414. The lowest BCUT2D eigenvalue weighted by atomic mass is 10.0. The summed E-state index contributed by atoms with van der Waals surface area (Å²) in [5, 5.41) is 13.8. The molecule has 0 aliphatic heterocycles. The Morgan fingerprint density at radius 1 is 1.27 bits per heavy atom. The summed E-state index contributed by atoms with van der Waals surface area (Å²) in [4.78, 5) is 6.67. The molecule has 0 bridgehead atoms. The van der Waals surface area contributed by atoms with Gasteiger partial charge in [0.25, 0.3) is 0 Å². The van der Waals surface area contributed by atoms with Gasteiger partial charge >= 0.3 is 0 Å². The van der Waals surface area contributed by atoms with Gasteiger partial charge in [0, 0.05) is 34.0 Å². The molecular formula is C20H20BrN5. The number of nitrogens with two attached hydrogens (primary N) is 1. The molecule has 0 fully saturated rings. The van der Waals surface area contributed by atoms with Gasteiger partial charge < -0.3 is 16.0 Å². The largest absolute Gasteiger partial charge is 0.399 e. The van der Waals surface area contributed by atoms with Crippen LogP contribution in [0.5, 0.6) is 0 Å². The van der Waals surface area contributed by atoms with Crippen LogP contribution in [0.1, 0.15) is 11.1 Å². The summed E-state index contributed by atoms with van der Waals surface area (Å²) in [5.41, 5.74) is 10.9. The molecule has 0 spiro atoms. The molecule has 0 atom stereocenters. The highest BCUT2D eigenvalue weighted by Crippen LogP contribution is 2.33. The average Bonchev–Trinajstić information content (AvgIpc) is 2.60. The van der Waals surface area contributed by atoms with Crippen LogP contribution >= 0.6 is 15.9 Å². The lowest BCUT2D eigenvalue weighted by Gasteiger charge is -2.16. The average molecular weight is 410 g/mol. The summed E-state index contributed by atoms with van der Waals surface area (Å²) in [6.45, 7) is 0.897. The topological polar surface area (TPSA) is 78.0 Å². The zero-order valence-electron chi connectivity index (χ0n) is 14.8. The summed E-state index contributed by atoms with van der Waals surface area (Å²) >= 11 is 3.48. The monoisotopic (exact) mass is 409 g/mol. The second kappa shape index (κ2) is 7.73. The van der Waals surface area contributed by atoms with Crippen molar-refractivity contribution >= 4 is 43.9 Å². The van der Waals surface area contributed by atoms with E-state index >= 15 is 0 Å². The third-order valence-electron chi connectivity index (χ3n) is 4.12. The van der Waals surface area contributed by atoms with Crippen molar-refractivity contribution in [3.63, 3.8) is 0 Å². The number of nitrogens with one attached hydrogen (secondary N) is 1. The van der Waals surface area contributed by atoms with Crippen LogP contribution < -0.4 is 11.1 Å². The minimum atomic E-state index is 0.488. The highest BCUT2D eigenvalue weighted by atomic mass is 79.9. The number of hydrogen-bond acceptors (Lipinski definition) is 5. The van der Waals surface area contributed by atoms with Crippen molar-refractivity contribution in [2.45, 2.75) is 6.42 Å². The number of nitrogens with zero attached hydrogens (tertiary/aromatic N) is 3. The number of halogens is 1. The minimum absolute atomic E-state index is 0.488. The number of anilines is 3. The van der Waals surface area contributed by atoms with E-state index in [1.54, 1.807) is 6.20 Å². The second-order valence-electron chi connectivity index (χ2n) is 6.42. The molecule has 1 heterocycles. The number of aromatic nitrogens is 1. The first-order chi connectivity index (χ1) is 12.5. The van der Waals surface area contributed by atoms with E-state index in [-0.39, 0.29) is 0 Å². The van der Waals surface area contributed by atoms with Crippen LogP contribution in [0.3, 0.4) is 0 Å². The van der Waals surface area contributed by atoms with Crippen molar-refractivity contribution < 1.29 is 0 Å². The van der Waals surface area contributed by atoms with Crippen LogP contribution in [0.25, 0.3) is 10.9 Å². The standard InChI is InChI=1S/C20H20BrN5/c1-26(2)7-6-13-8-16(23)10-18-19(13)24-12-14(11-22)20(18)25-17-5-3-4-15(21)9-17/h3-5,8-10,12H,6-7,23H2,1-2H3,(H,24,25). The summed E-state index contributed by atoms with van der Waals surface area (Å²) in [6, 6.07) is 13.9. The maximum absolute atomic E-state index is 9.55. The molecular weight excluding hydrogens is 390 g/mol. The second-order valence-corrected chi connectivity index (χ2v) is 7.34. The Balaban J connectivity index is 2.15. The fraction of sp³-hybridized carbons (Fsp3) is 0.200.